The Morgan fingerprint density at radius 1 is 1.18 bits per heavy atom. The van der Waals surface area contributed by atoms with E-state index in [2.05, 4.69) is 58.6 Å². The maximum absolute atomic E-state index is 3.66. The standard InChI is InChI=1S/C15H20BrN/c1-17-15(12-8-4-2-3-5-9-12)13-10-6-7-11-14(13)16/h6-8,10-11,15,17H,2-5,9H2,1H3. The van der Waals surface area contributed by atoms with Crippen molar-refractivity contribution in [3.63, 3.8) is 0 Å². The van der Waals surface area contributed by atoms with Crippen molar-refractivity contribution in [2.24, 2.45) is 0 Å². The molecule has 1 aliphatic rings. The maximum atomic E-state index is 3.66. The fraction of sp³-hybridized carbons (Fsp3) is 0.467. The topological polar surface area (TPSA) is 12.0 Å². The summed E-state index contributed by atoms with van der Waals surface area (Å²) in [6, 6.07) is 8.88. The molecule has 0 bridgehead atoms. The van der Waals surface area contributed by atoms with Crippen LogP contribution in [-0.4, -0.2) is 7.05 Å². The summed E-state index contributed by atoms with van der Waals surface area (Å²) in [4.78, 5) is 0. The minimum Gasteiger partial charge on any atom is -0.310 e. The molecule has 0 spiro atoms. The van der Waals surface area contributed by atoms with Gasteiger partial charge in [0.15, 0.2) is 0 Å². The highest BCUT2D eigenvalue weighted by atomic mass is 79.9. The molecule has 1 atom stereocenters. The Balaban J connectivity index is 2.26. The lowest BCUT2D eigenvalue weighted by Gasteiger charge is -2.21. The molecule has 1 unspecified atom stereocenters. The summed E-state index contributed by atoms with van der Waals surface area (Å²) in [5.74, 6) is 0. The molecule has 2 rings (SSSR count). The molecule has 1 aliphatic carbocycles. The van der Waals surface area contributed by atoms with Gasteiger partial charge in [-0.25, -0.2) is 0 Å². The van der Waals surface area contributed by atoms with Gasteiger partial charge in [0.25, 0.3) is 0 Å². The number of rotatable bonds is 3. The third-order valence-corrected chi connectivity index (χ3v) is 4.17. The van der Waals surface area contributed by atoms with Crippen molar-refractivity contribution in [1.82, 2.24) is 5.32 Å². The van der Waals surface area contributed by atoms with E-state index in [9.17, 15) is 0 Å². The third kappa shape index (κ3) is 3.20. The summed E-state index contributed by atoms with van der Waals surface area (Å²) >= 11 is 3.66. The predicted octanol–water partition coefficient (Wildman–Crippen LogP) is 4.60. The van der Waals surface area contributed by atoms with Gasteiger partial charge < -0.3 is 5.32 Å². The number of hydrogen-bond acceptors (Lipinski definition) is 1. The molecule has 0 aromatic heterocycles. The molecule has 1 aromatic carbocycles. The molecule has 0 aliphatic heterocycles. The van der Waals surface area contributed by atoms with E-state index in [1.54, 1.807) is 5.57 Å². The van der Waals surface area contributed by atoms with Crippen LogP contribution in [-0.2, 0) is 0 Å². The molecular formula is C15H20BrN. The van der Waals surface area contributed by atoms with Gasteiger partial charge in [-0.05, 0) is 44.4 Å². The molecule has 0 fully saturated rings. The van der Waals surface area contributed by atoms with Crippen molar-refractivity contribution >= 4 is 15.9 Å². The first kappa shape index (κ1) is 12.8. The molecule has 92 valence electrons. The van der Waals surface area contributed by atoms with Crippen LogP contribution in [0.5, 0.6) is 0 Å². The van der Waals surface area contributed by atoms with Gasteiger partial charge in [0.1, 0.15) is 0 Å². The lowest BCUT2D eigenvalue weighted by molar-refractivity contribution is 0.627. The van der Waals surface area contributed by atoms with E-state index in [1.165, 1.54) is 42.1 Å². The molecule has 0 saturated heterocycles. The first-order valence-electron chi connectivity index (χ1n) is 6.43. The van der Waals surface area contributed by atoms with Gasteiger partial charge in [-0.15, -0.1) is 0 Å². The van der Waals surface area contributed by atoms with Gasteiger partial charge in [-0.2, -0.15) is 0 Å². The van der Waals surface area contributed by atoms with E-state index in [1.807, 2.05) is 0 Å². The second-order valence-electron chi connectivity index (χ2n) is 4.62. The molecule has 2 heteroatoms. The zero-order valence-corrected chi connectivity index (χ0v) is 12.0. The second-order valence-corrected chi connectivity index (χ2v) is 5.48. The first-order chi connectivity index (χ1) is 8.33. The van der Waals surface area contributed by atoms with Gasteiger partial charge in [0, 0.05) is 4.47 Å². The number of nitrogens with one attached hydrogen (secondary N) is 1. The number of likely N-dealkylation sites (N-methyl/N-ethyl adjacent to an activating group) is 1. The first-order valence-corrected chi connectivity index (χ1v) is 7.23. The van der Waals surface area contributed by atoms with E-state index in [-0.39, 0.29) is 0 Å². The zero-order valence-electron chi connectivity index (χ0n) is 10.4. The van der Waals surface area contributed by atoms with E-state index < -0.39 is 0 Å². The Bertz CT molecular complexity index is 398. The van der Waals surface area contributed by atoms with Crippen molar-refractivity contribution < 1.29 is 0 Å². The Morgan fingerprint density at radius 2 is 2.00 bits per heavy atom. The number of allylic oxidation sites excluding steroid dienone is 1. The van der Waals surface area contributed by atoms with Gasteiger partial charge in [0.2, 0.25) is 0 Å². The molecule has 0 amide bonds. The van der Waals surface area contributed by atoms with Crippen LogP contribution in [0.4, 0.5) is 0 Å². The molecule has 1 nitrogen and oxygen atoms in total. The molecule has 0 saturated carbocycles. The molecule has 17 heavy (non-hydrogen) atoms. The Labute approximate surface area is 112 Å². The fourth-order valence-corrected chi connectivity index (χ4v) is 3.07. The molecular weight excluding hydrogens is 274 g/mol. The maximum Gasteiger partial charge on any atom is 0.0544 e. The number of halogens is 1. The molecule has 1 N–H and O–H groups in total. The van der Waals surface area contributed by atoms with Crippen molar-refractivity contribution in [1.29, 1.82) is 0 Å². The largest absolute Gasteiger partial charge is 0.310 e. The van der Waals surface area contributed by atoms with Crippen molar-refractivity contribution in [2.45, 2.75) is 38.1 Å². The quantitative estimate of drug-likeness (QED) is 0.803. The summed E-state index contributed by atoms with van der Waals surface area (Å²) in [5, 5.41) is 3.46. The second kappa shape index (κ2) is 6.36. The highest BCUT2D eigenvalue weighted by Crippen LogP contribution is 2.32. The summed E-state index contributed by atoms with van der Waals surface area (Å²) in [6.07, 6.45) is 8.94. The minimum absolute atomic E-state index is 0.365. The monoisotopic (exact) mass is 293 g/mol. The third-order valence-electron chi connectivity index (χ3n) is 3.45. The summed E-state index contributed by atoms with van der Waals surface area (Å²) in [6.45, 7) is 0. The molecule has 0 radical (unpaired) electrons. The van der Waals surface area contributed by atoms with E-state index >= 15 is 0 Å². The van der Waals surface area contributed by atoms with Crippen LogP contribution in [0, 0.1) is 0 Å². The smallest absolute Gasteiger partial charge is 0.0544 e. The zero-order chi connectivity index (χ0) is 12.1. The Hall–Kier alpha value is -0.600. The van der Waals surface area contributed by atoms with Crippen LogP contribution < -0.4 is 5.32 Å². The van der Waals surface area contributed by atoms with Crippen molar-refractivity contribution in [3.05, 3.63) is 46.0 Å². The van der Waals surface area contributed by atoms with Crippen LogP contribution in [0.15, 0.2) is 40.4 Å². The average Bonchev–Trinajstić information content (AvgIpc) is 2.62. The average molecular weight is 294 g/mol. The molecule has 1 aromatic rings. The number of benzene rings is 1. The minimum atomic E-state index is 0.365. The van der Waals surface area contributed by atoms with Gasteiger partial charge >= 0.3 is 0 Å². The van der Waals surface area contributed by atoms with Gasteiger partial charge in [-0.3, -0.25) is 0 Å². The van der Waals surface area contributed by atoms with Gasteiger partial charge in [-0.1, -0.05) is 52.2 Å². The summed E-state index contributed by atoms with van der Waals surface area (Å²) in [5.41, 5.74) is 2.90. The van der Waals surface area contributed by atoms with Crippen LogP contribution >= 0.6 is 15.9 Å². The Morgan fingerprint density at radius 3 is 2.76 bits per heavy atom. The molecule has 0 heterocycles. The SMILES string of the molecule is CNC(C1=CCCCCC1)c1ccccc1Br. The van der Waals surface area contributed by atoms with Crippen LogP contribution in [0.1, 0.15) is 43.7 Å². The Kier molecular flexibility index (Phi) is 4.81. The summed E-state index contributed by atoms with van der Waals surface area (Å²) in [7, 11) is 2.05. The highest BCUT2D eigenvalue weighted by molar-refractivity contribution is 9.10. The van der Waals surface area contributed by atoms with Crippen molar-refractivity contribution in [3.8, 4) is 0 Å². The predicted molar refractivity (Wildman–Crippen MR) is 77.1 cm³/mol. The van der Waals surface area contributed by atoms with Crippen LogP contribution in [0.3, 0.4) is 0 Å². The van der Waals surface area contributed by atoms with Gasteiger partial charge in [0.05, 0.1) is 6.04 Å². The van der Waals surface area contributed by atoms with E-state index in [0.29, 0.717) is 6.04 Å². The normalized spacial score (nSPS) is 18.4. The van der Waals surface area contributed by atoms with Crippen molar-refractivity contribution in [2.75, 3.05) is 7.05 Å². The number of hydrogen-bond donors (Lipinski definition) is 1. The lowest BCUT2D eigenvalue weighted by Crippen LogP contribution is -2.19. The summed E-state index contributed by atoms with van der Waals surface area (Å²) < 4.78 is 1.20. The van der Waals surface area contributed by atoms with Crippen LogP contribution in [0.2, 0.25) is 0 Å². The van der Waals surface area contributed by atoms with Crippen LogP contribution in [0.25, 0.3) is 0 Å². The van der Waals surface area contributed by atoms with E-state index in [4.69, 9.17) is 0 Å². The highest BCUT2D eigenvalue weighted by Gasteiger charge is 2.17. The van der Waals surface area contributed by atoms with E-state index in [0.717, 1.165) is 0 Å². The lowest BCUT2D eigenvalue weighted by atomic mass is 9.95. The fourth-order valence-electron chi connectivity index (χ4n) is 2.55.